The van der Waals surface area contributed by atoms with Crippen LogP contribution in [-0.2, 0) is 4.79 Å². The predicted molar refractivity (Wildman–Crippen MR) is 121 cm³/mol. The van der Waals surface area contributed by atoms with Crippen LogP contribution in [0.1, 0.15) is 23.1 Å². The Kier molecular flexibility index (Phi) is 6.87. The highest BCUT2D eigenvalue weighted by atomic mass is 32.1. The zero-order valence-corrected chi connectivity index (χ0v) is 18.7. The second-order valence-electron chi connectivity index (χ2n) is 7.73. The van der Waals surface area contributed by atoms with E-state index in [9.17, 15) is 4.79 Å². The Morgan fingerprint density at radius 1 is 1.07 bits per heavy atom. The van der Waals surface area contributed by atoms with E-state index >= 15 is 0 Å². The summed E-state index contributed by atoms with van der Waals surface area (Å²) in [5.41, 5.74) is 4.43. The molecule has 6 heteroatoms. The summed E-state index contributed by atoms with van der Waals surface area (Å²) in [7, 11) is 4.08. The fourth-order valence-corrected chi connectivity index (χ4v) is 4.34. The van der Waals surface area contributed by atoms with Gasteiger partial charge in [0.2, 0.25) is 0 Å². The lowest BCUT2D eigenvalue weighted by molar-refractivity contribution is -0.120. The number of nitrogens with zero attached hydrogens (tertiary/aromatic N) is 3. The maximum absolute atomic E-state index is 13.1. The van der Waals surface area contributed by atoms with Crippen LogP contribution in [0, 0.1) is 20.8 Å². The highest BCUT2D eigenvalue weighted by Crippen LogP contribution is 2.32. The Labute approximate surface area is 176 Å². The molecule has 0 bridgehead atoms. The van der Waals surface area contributed by atoms with Crippen molar-refractivity contribution in [3.63, 3.8) is 0 Å². The van der Waals surface area contributed by atoms with E-state index in [2.05, 4.69) is 30.9 Å². The van der Waals surface area contributed by atoms with E-state index in [1.807, 2.05) is 45.3 Å². The fourth-order valence-electron chi connectivity index (χ4n) is 3.28. The average Bonchev–Trinajstić information content (AvgIpc) is 3.07. The molecule has 2 aromatic carbocycles. The number of thiazole rings is 1. The molecule has 0 spiro atoms. The molecule has 0 unspecified atom stereocenters. The van der Waals surface area contributed by atoms with E-state index in [1.54, 1.807) is 16.2 Å². The number of hydrogen-bond donors (Lipinski definition) is 0. The molecule has 0 fully saturated rings. The molecule has 0 aliphatic carbocycles. The summed E-state index contributed by atoms with van der Waals surface area (Å²) in [6, 6.07) is 12.0. The lowest BCUT2D eigenvalue weighted by atomic mass is 10.1. The molecular formula is C23H29N3O2S. The number of benzene rings is 2. The molecule has 3 aromatic rings. The molecule has 0 saturated heterocycles. The van der Waals surface area contributed by atoms with Gasteiger partial charge in [0.15, 0.2) is 11.7 Å². The highest BCUT2D eigenvalue weighted by molar-refractivity contribution is 7.22. The Hall–Kier alpha value is -2.44. The number of aromatic nitrogens is 1. The van der Waals surface area contributed by atoms with Gasteiger partial charge in [0.25, 0.3) is 5.91 Å². The summed E-state index contributed by atoms with van der Waals surface area (Å²) < 4.78 is 6.91. The number of carbonyl (C=O) groups excluding carboxylic acids is 1. The zero-order valence-electron chi connectivity index (χ0n) is 17.9. The summed E-state index contributed by atoms with van der Waals surface area (Å²) in [5.74, 6) is 0.640. The zero-order chi connectivity index (χ0) is 21.0. The SMILES string of the molecule is Cc1cccc(OCC(=O)N(CCCN(C)C)c2nc3cc(C)cc(C)c3s2)c1. The van der Waals surface area contributed by atoms with Gasteiger partial charge in [-0.2, -0.15) is 0 Å². The van der Waals surface area contributed by atoms with Crippen LogP contribution < -0.4 is 9.64 Å². The largest absolute Gasteiger partial charge is 0.484 e. The topological polar surface area (TPSA) is 45.7 Å². The molecule has 0 radical (unpaired) electrons. The van der Waals surface area contributed by atoms with Gasteiger partial charge in [-0.05, 0) is 82.7 Å². The quantitative estimate of drug-likeness (QED) is 0.544. The minimum atomic E-state index is -0.0707. The van der Waals surface area contributed by atoms with Crippen LogP contribution in [-0.4, -0.2) is 49.6 Å². The van der Waals surface area contributed by atoms with Crippen molar-refractivity contribution in [3.8, 4) is 5.75 Å². The van der Waals surface area contributed by atoms with Crippen LogP contribution in [0.2, 0.25) is 0 Å². The summed E-state index contributed by atoms with van der Waals surface area (Å²) in [5, 5.41) is 0.741. The van der Waals surface area contributed by atoms with Crippen LogP contribution in [0.4, 0.5) is 5.13 Å². The van der Waals surface area contributed by atoms with Crippen LogP contribution in [0.3, 0.4) is 0 Å². The lowest BCUT2D eigenvalue weighted by Gasteiger charge is -2.21. The first-order valence-electron chi connectivity index (χ1n) is 9.86. The molecule has 0 saturated carbocycles. The van der Waals surface area contributed by atoms with Crippen molar-refractivity contribution < 1.29 is 9.53 Å². The molecule has 1 amide bonds. The predicted octanol–water partition coefficient (Wildman–Crippen LogP) is 4.59. The van der Waals surface area contributed by atoms with Gasteiger partial charge in [0.1, 0.15) is 5.75 Å². The van der Waals surface area contributed by atoms with Crippen molar-refractivity contribution in [2.45, 2.75) is 27.2 Å². The highest BCUT2D eigenvalue weighted by Gasteiger charge is 2.21. The number of amides is 1. The number of anilines is 1. The third-order valence-corrected chi connectivity index (χ3v) is 5.91. The number of ether oxygens (including phenoxy) is 1. The van der Waals surface area contributed by atoms with E-state index < -0.39 is 0 Å². The Balaban J connectivity index is 1.81. The fraction of sp³-hybridized carbons (Fsp3) is 0.391. The van der Waals surface area contributed by atoms with Gasteiger partial charge in [0, 0.05) is 6.54 Å². The summed E-state index contributed by atoms with van der Waals surface area (Å²) in [4.78, 5) is 21.7. The van der Waals surface area contributed by atoms with E-state index in [-0.39, 0.29) is 12.5 Å². The van der Waals surface area contributed by atoms with Crippen molar-refractivity contribution >= 4 is 32.6 Å². The summed E-state index contributed by atoms with van der Waals surface area (Å²) >= 11 is 1.58. The van der Waals surface area contributed by atoms with Gasteiger partial charge in [-0.25, -0.2) is 4.98 Å². The molecular weight excluding hydrogens is 382 g/mol. The third-order valence-electron chi connectivity index (χ3n) is 4.68. The van der Waals surface area contributed by atoms with E-state index in [0.717, 1.165) is 33.9 Å². The lowest BCUT2D eigenvalue weighted by Crippen LogP contribution is -2.36. The molecule has 0 atom stereocenters. The number of aryl methyl sites for hydroxylation is 3. The molecule has 3 rings (SSSR count). The molecule has 1 heterocycles. The van der Waals surface area contributed by atoms with Crippen molar-refractivity contribution in [1.82, 2.24) is 9.88 Å². The van der Waals surface area contributed by atoms with Gasteiger partial charge in [-0.3, -0.25) is 9.69 Å². The molecule has 154 valence electrons. The van der Waals surface area contributed by atoms with Gasteiger partial charge in [-0.1, -0.05) is 29.5 Å². The first kappa shape index (κ1) is 21.3. The maximum atomic E-state index is 13.1. The monoisotopic (exact) mass is 411 g/mol. The average molecular weight is 412 g/mol. The molecule has 0 aliphatic rings. The smallest absolute Gasteiger partial charge is 0.266 e. The second-order valence-corrected chi connectivity index (χ2v) is 8.71. The molecule has 5 nitrogen and oxygen atoms in total. The van der Waals surface area contributed by atoms with Crippen LogP contribution >= 0.6 is 11.3 Å². The summed E-state index contributed by atoms with van der Waals surface area (Å²) in [6.07, 6.45) is 0.872. The number of rotatable bonds is 8. The molecule has 29 heavy (non-hydrogen) atoms. The Bertz CT molecular complexity index is 997. The van der Waals surface area contributed by atoms with Gasteiger partial charge < -0.3 is 9.64 Å². The van der Waals surface area contributed by atoms with E-state index in [1.165, 1.54) is 11.1 Å². The van der Waals surface area contributed by atoms with Crippen molar-refractivity contribution in [3.05, 3.63) is 53.1 Å². The number of fused-ring (bicyclic) bond motifs is 1. The minimum Gasteiger partial charge on any atom is -0.484 e. The van der Waals surface area contributed by atoms with E-state index in [4.69, 9.17) is 9.72 Å². The molecule has 0 aliphatic heterocycles. The van der Waals surface area contributed by atoms with Crippen LogP contribution in [0.15, 0.2) is 36.4 Å². The van der Waals surface area contributed by atoms with Crippen molar-refractivity contribution in [2.75, 3.05) is 38.7 Å². The third kappa shape index (κ3) is 5.55. The number of hydrogen-bond acceptors (Lipinski definition) is 5. The maximum Gasteiger partial charge on any atom is 0.266 e. The van der Waals surface area contributed by atoms with Crippen molar-refractivity contribution in [2.24, 2.45) is 0 Å². The Morgan fingerprint density at radius 2 is 1.86 bits per heavy atom. The number of carbonyl (C=O) groups is 1. The van der Waals surface area contributed by atoms with Crippen LogP contribution in [0.25, 0.3) is 10.2 Å². The first-order chi connectivity index (χ1) is 13.8. The van der Waals surface area contributed by atoms with E-state index in [0.29, 0.717) is 12.3 Å². The standard InChI is InChI=1S/C23H29N3O2S/c1-16-8-6-9-19(13-16)28-15-21(27)26(11-7-10-25(4)5)23-24-20-14-17(2)12-18(3)22(20)29-23/h6,8-9,12-14H,7,10-11,15H2,1-5H3. The first-order valence-corrected chi connectivity index (χ1v) is 10.7. The molecule has 0 N–H and O–H groups in total. The summed E-state index contributed by atoms with van der Waals surface area (Å²) in [6.45, 7) is 7.70. The minimum absolute atomic E-state index is 0.000642. The molecule has 1 aromatic heterocycles. The second kappa shape index (κ2) is 9.37. The van der Waals surface area contributed by atoms with Gasteiger partial charge >= 0.3 is 0 Å². The van der Waals surface area contributed by atoms with Crippen molar-refractivity contribution in [1.29, 1.82) is 0 Å². The van der Waals surface area contributed by atoms with Gasteiger partial charge in [0.05, 0.1) is 10.2 Å². The Morgan fingerprint density at radius 3 is 2.59 bits per heavy atom. The van der Waals surface area contributed by atoms with Crippen LogP contribution in [0.5, 0.6) is 5.75 Å². The normalized spacial score (nSPS) is 11.2. The van der Waals surface area contributed by atoms with Gasteiger partial charge in [-0.15, -0.1) is 0 Å².